The van der Waals surface area contributed by atoms with Gasteiger partial charge >= 0.3 is 6.03 Å². The van der Waals surface area contributed by atoms with Crippen molar-refractivity contribution in [2.24, 2.45) is 5.92 Å². The molecule has 2 aromatic heterocycles. The lowest BCUT2D eigenvalue weighted by Gasteiger charge is -2.18. The Hall–Kier alpha value is -1.70. The van der Waals surface area contributed by atoms with Crippen LogP contribution in [0.5, 0.6) is 0 Å². The highest BCUT2D eigenvalue weighted by molar-refractivity contribution is 7.10. The molecule has 0 saturated carbocycles. The Morgan fingerprint density at radius 1 is 1.08 bits per heavy atom. The zero-order valence-corrected chi connectivity index (χ0v) is 15.6. The molecule has 3 N–H and O–H groups in total. The van der Waals surface area contributed by atoms with Crippen LogP contribution in [0, 0.1) is 5.92 Å². The van der Waals surface area contributed by atoms with Crippen LogP contribution >= 0.6 is 22.7 Å². The van der Waals surface area contributed by atoms with Gasteiger partial charge in [0.05, 0.1) is 9.75 Å². The molecule has 130 valence electrons. The van der Waals surface area contributed by atoms with E-state index in [-0.39, 0.29) is 12.5 Å². The predicted molar refractivity (Wildman–Crippen MR) is 98.3 cm³/mol. The van der Waals surface area contributed by atoms with Gasteiger partial charge in [-0.25, -0.2) is 4.79 Å². The summed E-state index contributed by atoms with van der Waals surface area (Å²) in [4.78, 5) is 27.5. The number of hydrogen-bond donors (Lipinski definition) is 3. The molecule has 7 heteroatoms. The summed E-state index contributed by atoms with van der Waals surface area (Å²) in [6, 6.07) is 7.77. The van der Waals surface area contributed by atoms with Gasteiger partial charge in [-0.15, -0.1) is 22.7 Å². The Labute approximate surface area is 150 Å². The first kappa shape index (κ1) is 18.6. The standard InChI is InChI=1S/C17H23N3O2S2/c1-13(2)9-18-17(22)19-16(21)12-20(10-14-5-3-7-23-14)11-15-6-4-8-24-15/h3-8,13H,9-12H2,1-2H3,(H2,18,19,21,22)/p+1. The van der Waals surface area contributed by atoms with Crippen molar-refractivity contribution in [1.82, 2.24) is 10.6 Å². The fourth-order valence-electron chi connectivity index (χ4n) is 2.25. The van der Waals surface area contributed by atoms with E-state index in [1.807, 2.05) is 36.7 Å². The summed E-state index contributed by atoms with van der Waals surface area (Å²) in [6.45, 7) is 6.39. The van der Waals surface area contributed by atoms with Gasteiger partial charge < -0.3 is 10.2 Å². The van der Waals surface area contributed by atoms with Crippen LogP contribution in [0.15, 0.2) is 35.0 Å². The van der Waals surface area contributed by atoms with Crippen molar-refractivity contribution in [2.75, 3.05) is 13.1 Å². The fourth-order valence-corrected chi connectivity index (χ4v) is 3.80. The van der Waals surface area contributed by atoms with E-state index in [4.69, 9.17) is 0 Å². The fraction of sp³-hybridized carbons (Fsp3) is 0.412. The van der Waals surface area contributed by atoms with Crippen LogP contribution in [-0.2, 0) is 17.9 Å². The Kier molecular flexibility index (Phi) is 7.42. The molecule has 0 radical (unpaired) electrons. The number of rotatable bonds is 8. The summed E-state index contributed by atoms with van der Waals surface area (Å²) in [5.41, 5.74) is 0. The maximum absolute atomic E-state index is 12.2. The lowest BCUT2D eigenvalue weighted by molar-refractivity contribution is -0.919. The summed E-state index contributed by atoms with van der Waals surface area (Å²) in [5.74, 6) is 0.102. The molecule has 24 heavy (non-hydrogen) atoms. The molecule has 2 rings (SSSR count). The molecule has 0 aliphatic carbocycles. The first-order valence-corrected chi connectivity index (χ1v) is 9.75. The van der Waals surface area contributed by atoms with Crippen LogP contribution in [0.2, 0.25) is 0 Å². The van der Waals surface area contributed by atoms with Gasteiger partial charge in [0, 0.05) is 6.54 Å². The molecule has 0 aromatic carbocycles. The molecule has 0 atom stereocenters. The van der Waals surface area contributed by atoms with Crippen LogP contribution in [0.3, 0.4) is 0 Å². The smallest absolute Gasteiger partial charge is 0.321 e. The second kappa shape index (κ2) is 9.56. The Balaban J connectivity index is 1.89. The molecule has 0 saturated heterocycles. The van der Waals surface area contributed by atoms with Crippen molar-refractivity contribution in [1.29, 1.82) is 0 Å². The lowest BCUT2D eigenvalue weighted by atomic mass is 10.2. The minimum atomic E-state index is -0.416. The van der Waals surface area contributed by atoms with E-state index in [1.54, 1.807) is 22.7 Å². The van der Waals surface area contributed by atoms with Crippen molar-refractivity contribution in [3.8, 4) is 0 Å². The van der Waals surface area contributed by atoms with Crippen LogP contribution in [-0.4, -0.2) is 25.0 Å². The number of thiophene rings is 2. The van der Waals surface area contributed by atoms with Crippen LogP contribution in [0.25, 0.3) is 0 Å². The molecule has 3 amide bonds. The second-order valence-electron chi connectivity index (χ2n) is 6.09. The van der Waals surface area contributed by atoms with E-state index >= 15 is 0 Å². The topological polar surface area (TPSA) is 62.6 Å². The zero-order chi connectivity index (χ0) is 17.4. The average molecular weight is 367 g/mol. The number of carbonyl (C=O) groups is 2. The highest BCUT2D eigenvalue weighted by atomic mass is 32.1. The van der Waals surface area contributed by atoms with Crippen LogP contribution in [0.1, 0.15) is 23.6 Å². The van der Waals surface area contributed by atoms with E-state index in [1.165, 1.54) is 9.75 Å². The molecule has 2 aromatic rings. The lowest BCUT2D eigenvalue weighted by Crippen LogP contribution is -3.10. The average Bonchev–Trinajstić information content (AvgIpc) is 3.18. The molecule has 0 aliphatic heterocycles. The molecule has 0 spiro atoms. The first-order valence-electron chi connectivity index (χ1n) is 7.99. The molecule has 0 unspecified atom stereocenters. The first-order chi connectivity index (χ1) is 11.5. The maximum Gasteiger partial charge on any atom is 0.321 e. The molecular formula is C17H24N3O2S2+. The maximum atomic E-state index is 12.2. The van der Waals surface area contributed by atoms with Crippen molar-refractivity contribution >= 4 is 34.6 Å². The van der Waals surface area contributed by atoms with Gasteiger partial charge in [-0.1, -0.05) is 26.0 Å². The van der Waals surface area contributed by atoms with Gasteiger partial charge in [0.2, 0.25) is 0 Å². The van der Waals surface area contributed by atoms with Gasteiger partial charge in [-0.3, -0.25) is 10.1 Å². The van der Waals surface area contributed by atoms with Gasteiger partial charge in [-0.2, -0.15) is 0 Å². The van der Waals surface area contributed by atoms with Gasteiger partial charge in [-0.05, 0) is 28.8 Å². The number of urea groups is 1. The third-order valence-electron chi connectivity index (χ3n) is 3.34. The monoisotopic (exact) mass is 366 g/mol. The third kappa shape index (κ3) is 6.82. The van der Waals surface area contributed by atoms with Gasteiger partial charge in [0.15, 0.2) is 6.54 Å². The minimum Gasteiger partial charge on any atom is -0.338 e. The zero-order valence-electron chi connectivity index (χ0n) is 14.0. The van der Waals surface area contributed by atoms with Crippen LogP contribution < -0.4 is 15.5 Å². The molecule has 5 nitrogen and oxygen atoms in total. The van der Waals surface area contributed by atoms with Gasteiger partial charge in [0.25, 0.3) is 5.91 Å². The molecular weight excluding hydrogens is 342 g/mol. The number of amides is 3. The largest absolute Gasteiger partial charge is 0.338 e. The van der Waals surface area contributed by atoms with E-state index < -0.39 is 6.03 Å². The Morgan fingerprint density at radius 3 is 2.12 bits per heavy atom. The number of quaternary nitrogens is 1. The number of nitrogens with one attached hydrogen (secondary N) is 3. The molecule has 0 aliphatic rings. The highest BCUT2D eigenvalue weighted by Crippen LogP contribution is 2.08. The van der Waals surface area contributed by atoms with Crippen molar-refractivity contribution in [2.45, 2.75) is 26.9 Å². The summed E-state index contributed by atoms with van der Waals surface area (Å²) in [7, 11) is 0. The summed E-state index contributed by atoms with van der Waals surface area (Å²) in [5, 5.41) is 9.20. The third-order valence-corrected chi connectivity index (χ3v) is 5.10. The minimum absolute atomic E-state index is 0.251. The summed E-state index contributed by atoms with van der Waals surface area (Å²) >= 11 is 3.38. The number of carbonyl (C=O) groups excluding carboxylic acids is 2. The molecule has 0 fully saturated rings. The van der Waals surface area contributed by atoms with E-state index in [2.05, 4.69) is 22.8 Å². The van der Waals surface area contributed by atoms with Crippen molar-refractivity contribution in [3.05, 3.63) is 44.8 Å². The quantitative estimate of drug-likeness (QED) is 0.668. The van der Waals surface area contributed by atoms with E-state index in [0.717, 1.165) is 18.0 Å². The van der Waals surface area contributed by atoms with E-state index in [0.29, 0.717) is 12.5 Å². The summed E-state index contributed by atoms with van der Waals surface area (Å²) in [6.07, 6.45) is 0. The Morgan fingerprint density at radius 2 is 1.67 bits per heavy atom. The SMILES string of the molecule is CC(C)CNC(=O)NC(=O)C[NH+](Cc1cccs1)Cc1cccs1. The van der Waals surface area contributed by atoms with E-state index in [9.17, 15) is 9.59 Å². The predicted octanol–water partition coefficient (Wildman–Crippen LogP) is 1.88. The second-order valence-corrected chi connectivity index (χ2v) is 8.16. The van der Waals surface area contributed by atoms with Crippen molar-refractivity contribution in [3.63, 3.8) is 0 Å². The molecule has 2 heterocycles. The molecule has 0 bridgehead atoms. The summed E-state index contributed by atoms with van der Waals surface area (Å²) < 4.78 is 0. The van der Waals surface area contributed by atoms with Crippen LogP contribution in [0.4, 0.5) is 4.79 Å². The van der Waals surface area contributed by atoms with Crippen molar-refractivity contribution < 1.29 is 14.5 Å². The highest BCUT2D eigenvalue weighted by Gasteiger charge is 2.18. The number of imide groups is 1. The normalized spacial score (nSPS) is 11.0. The van der Waals surface area contributed by atoms with Gasteiger partial charge in [0.1, 0.15) is 13.1 Å². The Bertz CT molecular complexity index is 588. The number of hydrogen-bond acceptors (Lipinski definition) is 4.